The van der Waals surface area contributed by atoms with E-state index in [2.05, 4.69) is 22.8 Å². The summed E-state index contributed by atoms with van der Waals surface area (Å²) in [4.78, 5) is 0. The predicted octanol–water partition coefficient (Wildman–Crippen LogP) is 3.43. The van der Waals surface area contributed by atoms with E-state index in [1.54, 1.807) is 11.3 Å². The zero-order valence-electron chi connectivity index (χ0n) is 8.40. The summed E-state index contributed by atoms with van der Waals surface area (Å²) in [5, 5.41) is 9.11. The molecule has 0 aliphatic heterocycles. The first-order valence-corrected chi connectivity index (χ1v) is 7.30. The number of hydrogen-bond donors (Lipinski definition) is 1. The van der Waals surface area contributed by atoms with Gasteiger partial charge in [0.2, 0.25) is 0 Å². The van der Waals surface area contributed by atoms with Crippen LogP contribution in [-0.4, -0.2) is 21.7 Å². The quantitative estimate of drug-likeness (QED) is 0.455. The van der Waals surface area contributed by atoms with Crippen molar-refractivity contribution in [1.82, 2.24) is 10.2 Å². The van der Waals surface area contributed by atoms with Crippen molar-refractivity contribution >= 4 is 35.7 Å². The van der Waals surface area contributed by atoms with Crippen LogP contribution in [0.2, 0.25) is 0 Å². The van der Waals surface area contributed by atoms with Crippen LogP contribution in [0.4, 0.5) is 0 Å². The lowest BCUT2D eigenvalue weighted by Crippen LogP contribution is -1.82. The van der Waals surface area contributed by atoms with Crippen molar-refractivity contribution in [2.24, 2.45) is 0 Å². The Balaban J connectivity index is 1.99. The zero-order valence-corrected chi connectivity index (χ0v) is 10.9. The number of hydrogen-bond acceptors (Lipinski definition) is 5. The number of unbranched alkanes of at least 4 members (excludes halogenated alkanes) is 3. The van der Waals surface area contributed by atoms with Gasteiger partial charge in [0.1, 0.15) is 5.01 Å². The van der Waals surface area contributed by atoms with Crippen molar-refractivity contribution in [2.45, 2.75) is 36.9 Å². The van der Waals surface area contributed by atoms with Gasteiger partial charge < -0.3 is 0 Å². The summed E-state index contributed by atoms with van der Waals surface area (Å²) in [6, 6.07) is 0. The average Bonchev–Trinajstić information content (AvgIpc) is 2.58. The van der Waals surface area contributed by atoms with Crippen LogP contribution in [0.5, 0.6) is 0 Å². The first-order valence-electron chi connectivity index (χ1n) is 4.86. The number of rotatable bonds is 7. The van der Waals surface area contributed by atoms with E-state index in [9.17, 15) is 0 Å². The van der Waals surface area contributed by atoms with E-state index in [0.29, 0.717) is 0 Å². The SMILES string of the molecule is Cc1nnc(SCCCCCCS)s1. The van der Waals surface area contributed by atoms with Crippen molar-refractivity contribution in [3.05, 3.63) is 5.01 Å². The molecular formula is C9H16N2S3. The standard InChI is InChI=1S/C9H16N2S3/c1-8-10-11-9(14-8)13-7-5-3-2-4-6-12/h12H,2-7H2,1H3. The Hall–Kier alpha value is 0.260. The number of aromatic nitrogens is 2. The van der Waals surface area contributed by atoms with Crippen LogP contribution in [0.1, 0.15) is 30.7 Å². The molecule has 0 spiro atoms. The lowest BCUT2D eigenvalue weighted by atomic mass is 10.2. The van der Waals surface area contributed by atoms with E-state index >= 15 is 0 Å². The smallest absolute Gasteiger partial charge is 0.174 e. The molecular weight excluding hydrogens is 232 g/mol. The maximum Gasteiger partial charge on any atom is 0.174 e. The van der Waals surface area contributed by atoms with E-state index in [-0.39, 0.29) is 0 Å². The number of thiol groups is 1. The molecule has 0 amide bonds. The fourth-order valence-corrected chi connectivity index (χ4v) is 3.17. The second-order valence-corrected chi connectivity index (χ2v) is 6.04. The fraction of sp³-hybridized carbons (Fsp3) is 0.778. The van der Waals surface area contributed by atoms with E-state index in [1.165, 1.54) is 31.4 Å². The van der Waals surface area contributed by atoms with Gasteiger partial charge >= 0.3 is 0 Å². The molecule has 1 aromatic rings. The molecule has 0 bridgehead atoms. The molecule has 0 aromatic carbocycles. The van der Waals surface area contributed by atoms with Crippen LogP contribution in [0.15, 0.2) is 4.34 Å². The molecule has 0 saturated carbocycles. The van der Waals surface area contributed by atoms with Crippen molar-refractivity contribution in [2.75, 3.05) is 11.5 Å². The Morgan fingerprint density at radius 1 is 1.21 bits per heavy atom. The Kier molecular flexibility index (Phi) is 6.64. The molecule has 0 aliphatic carbocycles. The second-order valence-electron chi connectivity index (χ2n) is 3.07. The molecule has 80 valence electrons. The van der Waals surface area contributed by atoms with Gasteiger partial charge in [-0.05, 0) is 25.5 Å². The van der Waals surface area contributed by atoms with Crippen LogP contribution in [-0.2, 0) is 0 Å². The first-order chi connectivity index (χ1) is 6.83. The summed E-state index contributed by atoms with van der Waals surface area (Å²) < 4.78 is 1.11. The highest BCUT2D eigenvalue weighted by Crippen LogP contribution is 2.22. The van der Waals surface area contributed by atoms with Crippen LogP contribution < -0.4 is 0 Å². The van der Waals surface area contributed by atoms with Crippen LogP contribution in [0, 0.1) is 6.92 Å². The zero-order chi connectivity index (χ0) is 10.2. The number of thioether (sulfide) groups is 1. The molecule has 0 radical (unpaired) electrons. The van der Waals surface area contributed by atoms with Gasteiger partial charge in [-0.2, -0.15) is 12.6 Å². The molecule has 14 heavy (non-hydrogen) atoms. The molecule has 0 aliphatic rings. The van der Waals surface area contributed by atoms with Crippen molar-refractivity contribution in [1.29, 1.82) is 0 Å². The van der Waals surface area contributed by atoms with E-state index < -0.39 is 0 Å². The maximum atomic E-state index is 4.18. The molecule has 5 heteroatoms. The highest BCUT2D eigenvalue weighted by Gasteiger charge is 1.99. The summed E-state index contributed by atoms with van der Waals surface area (Å²) in [5.74, 6) is 2.18. The Morgan fingerprint density at radius 2 is 2.00 bits per heavy atom. The minimum atomic E-state index is 1.02. The summed E-state index contributed by atoms with van der Waals surface area (Å²) in [7, 11) is 0. The summed E-state index contributed by atoms with van der Waals surface area (Å²) in [6.07, 6.45) is 5.13. The molecule has 2 nitrogen and oxygen atoms in total. The lowest BCUT2D eigenvalue weighted by Gasteiger charge is -1.97. The highest BCUT2D eigenvalue weighted by atomic mass is 32.2. The van der Waals surface area contributed by atoms with E-state index in [4.69, 9.17) is 0 Å². The normalized spacial score (nSPS) is 10.7. The maximum absolute atomic E-state index is 4.18. The summed E-state index contributed by atoms with van der Waals surface area (Å²) >= 11 is 7.69. The predicted molar refractivity (Wildman–Crippen MR) is 67.7 cm³/mol. The molecule has 0 N–H and O–H groups in total. The molecule has 0 unspecified atom stereocenters. The van der Waals surface area contributed by atoms with Gasteiger partial charge in [-0.3, -0.25) is 0 Å². The molecule has 1 aromatic heterocycles. The van der Waals surface area contributed by atoms with Crippen molar-refractivity contribution in [3.63, 3.8) is 0 Å². The third-order valence-electron chi connectivity index (χ3n) is 1.79. The van der Waals surface area contributed by atoms with Gasteiger partial charge in [-0.1, -0.05) is 35.9 Å². The van der Waals surface area contributed by atoms with Gasteiger partial charge in [0.05, 0.1) is 0 Å². The van der Waals surface area contributed by atoms with E-state index in [0.717, 1.165) is 15.1 Å². The van der Waals surface area contributed by atoms with Gasteiger partial charge in [0.25, 0.3) is 0 Å². The summed E-state index contributed by atoms with van der Waals surface area (Å²) in [6.45, 7) is 1.99. The van der Waals surface area contributed by atoms with Crippen molar-refractivity contribution < 1.29 is 0 Å². The third kappa shape index (κ3) is 5.22. The summed E-state index contributed by atoms with van der Waals surface area (Å²) in [5.41, 5.74) is 0. The Labute approximate surface area is 99.3 Å². The van der Waals surface area contributed by atoms with E-state index in [1.807, 2.05) is 18.7 Å². The van der Waals surface area contributed by atoms with Gasteiger partial charge in [0, 0.05) is 5.75 Å². The molecule has 0 fully saturated rings. The average molecular weight is 248 g/mol. The van der Waals surface area contributed by atoms with Crippen LogP contribution >= 0.6 is 35.7 Å². The van der Waals surface area contributed by atoms with Crippen LogP contribution in [0.25, 0.3) is 0 Å². The lowest BCUT2D eigenvalue weighted by molar-refractivity contribution is 0.712. The Bertz CT molecular complexity index is 250. The molecule has 0 saturated heterocycles. The van der Waals surface area contributed by atoms with Crippen LogP contribution in [0.3, 0.4) is 0 Å². The largest absolute Gasteiger partial charge is 0.179 e. The van der Waals surface area contributed by atoms with Gasteiger partial charge in [-0.15, -0.1) is 10.2 Å². The highest BCUT2D eigenvalue weighted by molar-refractivity contribution is 8.01. The number of nitrogens with zero attached hydrogens (tertiary/aromatic N) is 2. The fourth-order valence-electron chi connectivity index (χ4n) is 1.06. The van der Waals surface area contributed by atoms with Gasteiger partial charge in [-0.25, -0.2) is 0 Å². The minimum Gasteiger partial charge on any atom is -0.179 e. The minimum absolute atomic E-state index is 1.02. The van der Waals surface area contributed by atoms with Gasteiger partial charge in [0.15, 0.2) is 4.34 Å². The second kappa shape index (κ2) is 7.54. The third-order valence-corrected chi connectivity index (χ3v) is 4.16. The Morgan fingerprint density at radius 3 is 2.64 bits per heavy atom. The monoisotopic (exact) mass is 248 g/mol. The van der Waals surface area contributed by atoms with Crippen molar-refractivity contribution in [3.8, 4) is 0 Å². The molecule has 1 rings (SSSR count). The number of aryl methyl sites for hydroxylation is 1. The topological polar surface area (TPSA) is 25.8 Å². The first kappa shape index (κ1) is 12.3. The molecule has 0 atom stereocenters. The molecule has 1 heterocycles.